The highest BCUT2D eigenvalue weighted by Gasteiger charge is 2.09. The second-order valence-corrected chi connectivity index (χ2v) is 3.92. The first-order chi connectivity index (χ1) is 8.70. The number of hydrogen-bond acceptors (Lipinski definition) is 7. The van der Waals surface area contributed by atoms with E-state index in [1.807, 2.05) is 0 Å². The minimum atomic E-state index is 0.425. The van der Waals surface area contributed by atoms with Crippen molar-refractivity contribution in [2.75, 3.05) is 11.1 Å². The first-order valence-corrected chi connectivity index (χ1v) is 5.83. The van der Waals surface area contributed by atoms with E-state index in [9.17, 15) is 0 Å². The largest absolute Gasteiger partial charge is 0.383 e. The van der Waals surface area contributed by atoms with Crippen molar-refractivity contribution in [3.8, 4) is 0 Å². The molecule has 0 atom stereocenters. The minimum absolute atomic E-state index is 0.425. The molecule has 0 fully saturated rings. The van der Waals surface area contributed by atoms with E-state index in [2.05, 4.69) is 32.3 Å². The Morgan fingerprint density at radius 3 is 2.89 bits per heavy atom. The van der Waals surface area contributed by atoms with Crippen LogP contribution in [0.15, 0.2) is 10.9 Å². The first kappa shape index (κ1) is 12.3. The van der Waals surface area contributed by atoms with Gasteiger partial charge in [-0.1, -0.05) is 18.5 Å². The van der Waals surface area contributed by atoms with Crippen LogP contribution in [0.3, 0.4) is 0 Å². The van der Waals surface area contributed by atoms with Crippen molar-refractivity contribution in [2.24, 2.45) is 0 Å². The van der Waals surface area contributed by atoms with E-state index in [4.69, 9.17) is 10.3 Å². The summed E-state index contributed by atoms with van der Waals surface area (Å²) in [6.07, 6.45) is 3.25. The first-order valence-electron chi connectivity index (χ1n) is 5.83. The number of nitrogen functional groups attached to an aromatic ring is 1. The van der Waals surface area contributed by atoms with Crippen LogP contribution in [-0.4, -0.2) is 20.1 Å². The van der Waals surface area contributed by atoms with Crippen molar-refractivity contribution in [1.29, 1.82) is 0 Å². The van der Waals surface area contributed by atoms with Crippen LogP contribution in [0, 0.1) is 6.92 Å². The zero-order valence-corrected chi connectivity index (χ0v) is 10.5. The van der Waals surface area contributed by atoms with E-state index in [1.165, 1.54) is 6.33 Å². The van der Waals surface area contributed by atoms with E-state index in [1.54, 1.807) is 6.92 Å². The summed E-state index contributed by atoms with van der Waals surface area (Å²) in [4.78, 5) is 12.3. The van der Waals surface area contributed by atoms with Crippen LogP contribution >= 0.6 is 0 Å². The number of aromatic nitrogens is 4. The average molecular weight is 248 g/mol. The van der Waals surface area contributed by atoms with E-state index in [0.29, 0.717) is 24.1 Å². The lowest BCUT2D eigenvalue weighted by Crippen LogP contribution is -2.08. The van der Waals surface area contributed by atoms with Crippen LogP contribution in [-0.2, 0) is 13.0 Å². The lowest BCUT2D eigenvalue weighted by Gasteiger charge is -2.10. The molecule has 3 N–H and O–H groups in total. The van der Waals surface area contributed by atoms with Gasteiger partial charge in [0, 0.05) is 5.56 Å². The maximum absolute atomic E-state index is 5.84. The van der Waals surface area contributed by atoms with Gasteiger partial charge in [0.1, 0.15) is 18.0 Å². The van der Waals surface area contributed by atoms with Crippen molar-refractivity contribution in [1.82, 2.24) is 20.1 Å². The highest BCUT2D eigenvalue weighted by Crippen LogP contribution is 2.19. The zero-order chi connectivity index (χ0) is 13.0. The number of nitrogens with one attached hydrogen (secondary N) is 1. The third-order valence-electron chi connectivity index (χ3n) is 2.46. The summed E-state index contributed by atoms with van der Waals surface area (Å²) >= 11 is 0. The lowest BCUT2D eigenvalue weighted by molar-refractivity contribution is 0.379. The quantitative estimate of drug-likeness (QED) is 0.822. The van der Waals surface area contributed by atoms with Crippen LogP contribution in [0.4, 0.5) is 11.6 Å². The molecule has 2 rings (SSSR count). The summed E-state index contributed by atoms with van der Waals surface area (Å²) in [5, 5.41) is 6.86. The Labute approximate surface area is 105 Å². The molecule has 0 bridgehead atoms. The standard InChI is InChI=1S/C11H16N6O/c1-3-4-8-10(12)14-6-15-11(8)13-5-9-16-7(2)17-18-9/h6H,3-5H2,1-2H3,(H3,12,13,14,15). The molecule has 96 valence electrons. The van der Waals surface area contributed by atoms with Crippen LogP contribution in [0.2, 0.25) is 0 Å². The fourth-order valence-electron chi connectivity index (χ4n) is 1.65. The molecule has 0 amide bonds. The summed E-state index contributed by atoms with van der Waals surface area (Å²) < 4.78 is 5.02. The van der Waals surface area contributed by atoms with Crippen LogP contribution < -0.4 is 11.1 Å². The zero-order valence-electron chi connectivity index (χ0n) is 10.5. The van der Waals surface area contributed by atoms with Gasteiger partial charge in [0.05, 0.1) is 6.54 Å². The summed E-state index contributed by atoms with van der Waals surface area (Å²) in [5.41, 5.74) is 6.77. The molecule has 0 aliphatic rings. The number of anilines is 2. The van der Waals surface area contributed by atoms with Crippen molar-refractivity contribution in [3.63, 3.8) is 0 Å². The van der Waals surface area contributed by atoms with E-state index in [0.717, 1.165) is 24.2 Å². The summed E-state index contributed by atoms with van der Waals surface area (Å²) in [7, 11) is 0. The number of nitrogens with two attached hydrogens (primary N) is 1. The summed E-state index contributed by atoms with van der Waals surface area (Å²) in [5.74, 6) is 2.37. The van der Waals surface area contributed by atoms with Gasteiger partial charge in [0.2, 0.25) is 5.89 Å². The third kappa shape index (κ3) is 2.73. The summed E-state index contributed by atoms with van der Waals surface area (Å²) in [6, 6.07) is 0. The smallest absolute Gasteiger partial charge is 0.245 e. The summed E-state index contributed by atoms with van der Waals surface area (Å²) in [6.45, 7) is 4.28. The highest BCUT2D eigenvalue weighted by atomic mass is 16.5. The number of hydrogen-bond donors (Lipinski definition) is 2. The number of nitrogens with zero attached hydrogens (tertiary/aromatic N) is 4. The second-order valence-electron chi connectivity index (χ2n) is 3.92. The third-order valence-corrected chi connectivity index (χ3v) is 2.46. The van der Waals surface area contributed by atoms with Gasteiger partial charge in [0.15, 0.2) is 5.82 Å². The van der Waals surface area contributed by atoms with Gasteiger partial charge in [0.25, 0.3) is 0 Å². The Bertz CT molecular complexity index is 524. The highest BCUT2D eigenvalue weighted by molar-refractivity contribution is 5.54. The Morgan fingerprint density at radius 2 is 2.22 bits per heavy atom. The maximum Gasteiger partial charge on any atom is 0.245 e. The minimum Gasteiger partial charge on any atom is -0.383 e. The van der Waals surface area contributed by atoms with Crippen molar-refractivity contribution < 1.29 is 4.52 Å². The number of aryl methyl sites for hydroxylation is 1. The molecule has 7 heteroatoms. The van der Waals surface area contributed by atoms with E-state index in [-0.39, 0.29) is 0 Å². The normalized spacial score (nSPS) is 10.6. The molecule has 0 unspecified atom stereocenters. The molecule has 0 aliphatic heterocycles. The molecule has 0 radical (unpaired) electrons. The topological polar surface area (TPSA) is 103 Å². The van der Waals surface area contributed by atoms with Crippen molar-refractivity contribution in [3.05, 3.63) is 23.6 Å². The molecule has 0 spiro atoms. The Morgan fingerprint density at radius 1 is 1.39 bits per heavy atom. The Balaban J connectivity index is 2.11. The average Bonchev–Trinajstić information content (AvgIpc) is 2.76. The van der Waals surface area contributed by atoms with Crippen LogP contribution in [0.1, 0.15) is 30.6 Å². The molecular formula is C11H16N6O. The van der Waals surface area contributed by atoms with Crippen LogP contribution in [0.25, 0.3) is 0 Å². The molecule has 0 aliphatic carbocycles. The lowest BCUT2D eigenvalue weighted by atomic mass is 10.1. The fraction of sp³-hybridized carbons (Fsp3) is 0.455. The van der Waals surface area contributed by atoms with Gasteiger partial charge < -0.3 is 15.6 Å². The monoisotopic (exact) mass is 248 g/mol. The van der Waals surface area contributed by atoms with Gasteiger partial charge >= 0.3 is 0 Å². The van der Waals surface area contributed by atoms with Crippen molar-refractivity contribution in [2.45, 2.75) is 33.2 Å². The molecule has 2 aromatic heterocycles. The molecular weight excluding hydrogens is 232 g/mol. The molecule has 2 aromatic rings. The van der Waals surface area contributed by atoms with E-state index < -0.39 is 0 Å². The van der Waals surface area contributed by atoms with E-state index >= 15 is 0 Å². The predicted molar refractivity (Wildman–Crippen MR) is 66.8 cm³/mol. The molecule has 7 nitrogen and oxygen atoms in total. The van der Waals surface area contributed by atoms with Gasteiger partial charge in [-0.2, -0.15) is 4.98 Å². The van der Waals surface area contributed by atoms with Crippen molar-refractivity contribution >= 4 is 11.6 Å². The Hall–Kier alpha value is -2.18. The fourth-order valence-corrected chi connectivity index (χ4v) is 1.65. The van der Waals surface area contributed by atoms with Gasteiger partial charge in [-0.15, -0.1) is 0 Å². The van der Waals surface area contributed by atoms with Gasteiger partial charge in [-0.25, -0.2) is 9.97 Å². The molecule has 2 heterocycles. The van der Waals surface area contributed by atoms with Gasteiger partial charge in [-0.3, -0.25) is 0 Å². The van der Waals surface area contributed by atoms with Crippen LogP contribution in [0.5, 0.6) is 0 Å². The molecule has 0 saturated heterocycles. The van der Waals surface area contributed by atoms with Gasteiger partial charge in [-0.05, 0) is 13.3 Å². The maximum atomic E-state index is 5.84. The molecule has 0 saturated carbocycles. The predicted octanol–water partition coefficient (Wildman–Crippen LogP) is 1.31. The molecule has 18 heavy (non-hydrogen) atoms. The number of rotatable bonds is 5. The SMILES string of the molecule is CCCc1c(N)ncnc1NCc1nc(C)no1. The Kier molecular flexibility index (Phi) is 3.71. The molecule has 0 aromatic carbocycles. The second kappa shape index (κ2) is 5.44.